The van der Waals surface area contributed by atoms with Crippen LogP contribution in [0.25, 0.3) is 16.3 Å². The summed E-state index contributed by atoms with van der Waals surface area (Å²) in [6.45, 7) is 3.39. The number of nitrogens with zero attached hydrogens (tertiary/aromatic N) is 3. The van der Waals surface area contributed by atoms with Crippen LogP contribution < -0.4 is 16.3 Å². The van der Waals surface area contributed by atoms with Gasteiger partial charge in [-0.1, -0.05) is 54.1 Å². The molecule has 0 aliphatic heterocycles. The first kappa shape index (κ1) is 22.4. The normalized spacial score (nSPS) is 10.6. The van der Waals surface area contributed by atoms with E-state index in [4.69, 9.17) is 11.6 Å². The Labute approximate surface area is 197 Å². The molecular formula is C23H18ClN5O3S. The number of amides is 2. The topological polar surface area (TPSA) is 106 Å². The third-order valence-electron chi connectivity index (χ3n) is 4.72. The van der Waals surface area contributed by atoms with Gasteiger partial charge in [0, 0.05) is 17.3 Å². The molecule has 0 aliphatic carbocycles. The molecule has 0 saturated carbocycles. The summed E-state index contributed by atoms with van der Waals surface area (Å²) >= 11 is 7.44. The summed E-state index contributed by atoms with van der Waals surface area (Å²) in [6, 6.07) is 17.7. The molecule has 0 radical (unpaired) electrons. The van der Waals surface area contributed by atoms with Gasteiger partial charge < -0.3 is 0 Å². The molecule has 2 aromatic heterocycles. The molecule has 0 saturated heterocycles. The van der Waals surface area contributed by atoms with Crippen molar-refractivity contribution >= 4 is 34.8 Å². The van der Waals surface area contributed by atoms with Crippen LogP contribution >= 0.6 is 22.9 Å². The molecule has 4 rings (SSSR count). The number of aromatic nitrogens is 3. The fraction of sp³-hybridized carbons (Fsp3) is 0.0870. The summed E-state index contributed by atoms with van der Waals surface area (Å²) in [6.07, 6.45) is 0. The van der Waals surface area contributed by atoms with Crippen LogP contribution in [-0.2, 0) is 0 Å². The number of hydrogen-bond donors (Lipinski definition) is 2. The summed E-state index contributed by atoms with van der Waals surface area (Å²) in [7, 11) is 0. The Morgan fingerprint density at radius 2 is 1.64 bits per heavy atom. The number of rotatable bonds is 4. The lowest BCUT2D eigenvalue weighted by molar-refractivity contribution is 0.0844. The summed E-state index contributed by atoms with van der Waals surface area (Å²) in [5, 5.41) is 5.26. The van der Waals surface area contributed by atoms with Crippen molar-refractivity contribution in [1.29, 1.82) is 0 Å². The van der Waals surface area contributed by atoms with E-state index in [9.17, 15) is 14.4 Å². The molecule has 33 heavy (non-hydrogen) atoms. The Morgan fingerprint density at radius 1 is 0.970 bits per heavy atom. The fourth-order valence-electron chi connectivity index (χ4n) is 3.11. The first-order valence-corrected chi connectivity index (χ1v) is 11.0. The number of carbonyl (C=O) groups is 2. The maximum Gasteiger partial charge on any atom is 0.294 e. The maximum absolute atomic E-state index is 12.6. The highest BCUT2D eigenvalue weighted by Crippen LogP contribution is 2.27. The third kappa shape index (κ3) is 4.69. The first-order valence-electron chi connectivity index (χ1n) is 9.84. The van der Waals surface area contributed by atoms with E-state index in [0.717, 1.165) is 5.56 Å². The maximum atomic E-state index is 12.6. The Morgan fingerprint density at radius 3 is 2.36 bits per heavy atom. The van der Waals surface area contributed by atoms with Gasteiger partial charge in [-0.05, 0) is 26.0 Å². The van der Waals surface area contributed by atoms with Gasteiger partial charge in [0.1, 0.15) is 9.88 Å². The summed E-state index contributed by atoms with van der Waals surface area (Å²) in [4.78, 5) is 42.5. The quantitative estimate of drug-likeness (QED) is 0.434. The van der Waals surface area contributed by atoms with Gasteiger partial charge in [-0.3, -0.25) is 25.2 Å². The second-order valence-corrected chi connectivity index (χ2v) is 8.48. The molecule has 2 aromatic carbocycles. The van der Waals surface area contributed by atoms with E-state index >= 15 is 0 Å². The molecule has 0 unspecified atom stereocenters. The van der Waals surface area contributed by atoms with Crippen LogP contribution in [0, 0.1) is 13.8 Å². The Hall–Kier alpha value is -3.82. The molecule has 0 spiro atoms. The smallest absolute Gasteiger partial charge is 0.287 e. The molecular weight excluding hydrogens is 462 g/mol. The number of nitrogens with one attached hydrogen (secondary N) is 2. The van der Waals surface area contributed by atoms with Crippen LogP contribution in [0.15, 0.2) is 65.5 Å². The first-order chi connectivity index (χ1) is 15.8. The third-order valence-corrected chi connectivity index (χ3v) is 6.24. The average Bonchev–Trinajstić information content (AvgIpc) is 3.20. The zero-order valence-electron chi connectivity index (χ0n) is 17.6. The number of hydrogen-bond acceptors (Lipinski definition) is 6. The standard InChI is InChI=1S/C23H18ClN5O3S/c1-13-12-18(30)19(28-29(13)17-11-7-6-10-16(17)24)21(31)26-27-22(32)20-14(2)25-23(33-20)15-8-4-3-5-9-15/h3-12H,1-2H3,(H,26,31)(H,27,32). The van der Waals surface area contributed by atoms with Gasteiger partial charge in [-0.15, -0.1) is 11.3 Å². The van der Waals surface area contributed by atoms with Crippen molar-refractivity contribution in [3.63, 3.8) is 0 Å². The predicted octanol–water partition coefficient (Wildman–Crippen LogP) is 3.70. The van der Waals surface area contributed by atoms with Gasteiger partial charge in [-0.25, -0.2) is 9.67 Å². The van der Waals surface area contributed by atoms with Crippen molar-refractivity contribution in [1.82, 2.24) is 25.6 Å². The van der Waals surface area contributed by atoms with E-state index in [1.165, 1.54) is 22.1 Å². The molecule has 2 N–H and O–H groups in total. The lowest BCUT2D eigenvalue weighted by Gasteiger charge is -2.12. The van der Waals surface area contributed by atoms with Crippen LogP contribution in [0.2, 0.25) is 5.02 Å². The van der Waals surface area contributed by atoms with Crippen LogP contribution in [0.5, 0.6) is 0 Å². The summed E-state index contributed by atoms with van der Waals surface area (Å²) in [5.41, 5.74) is 6.06. The molecule has 8 nitrogen and oxygen atoms in total. The lowest BCUT2D eigenvalue weighted by Crippen LogP contribution is -2.44. The Bertz CT molecular complexity index is 1420. The highest BCUT2D eigenvalue weighted by molar-refractivity contribution is 7.17. The Balaban J connectivity index is 1.53. The van der Waals surface area contributed by atoms with Crippen molar-refractivity contribution in [2.75, 3.05) is 0 Å². The van der Waals surface area contributed by atoms with Crippen molar-refractivity contribution in [2.45, 2.75) is 13.8 Å². The largest absolute Gasteiger partial charge is 0.294 e. The van der Waals surface area contributed by atoms with E-state index in [0.29, 0.717) is 32.0 Å². The molecule has 0 atom stereocenters. The number of halogens is 1. The zero-order valence-corrected chi connectivity index (χ0v) is 19.2. The van der Waals surface area contributed by atoms with Gasteiger partial charge in [0.25, 0.3) is 11.8 Å². The molecule has 4 aromatic rings. The van der Waals surface area contributed by atoms with E-state index in [-0.39, 0.29) is 5.69 Å². The summed E-state index contributed by atoms with van der Waals surface area (Å²) < 4.78 is 1.40. The average molecular weight is 480 g/mol. The Kier molecular flexibility index (Phi) is 6.34. The molecule has 2 amide bonds. The number of thiazole rings is 1. The van der Waals surface area contributed by atoms with Gasteiger partial charge in [0.15, 0.2) is 5.69 Å². The highest BCUT2D eigenvalue weighted by Gasteiger charge is 2.20. The van der Waals surface area contributed by atoms with Crippen molar-refractivity contribution < 1.29 is 9.59 Å². The molecule has 0 bridgehead atoms. The van der Waals surface area contributed by atoms with E-state index in [1.807, 2.05) is 30.3 Å². The lowest BCUT2D eigenvalue weighted by atomic mass is 10.2. The van der Waals surface area contributed by atoms with Gasteiger partial charge in [0.05, 0.1) is 16.4 Å². The van der Waals surface area contributed by atoms with E-state index in [2.05, 4.69) is 20.9 Å². The van der Waals surface area contributed by atoms with E-state index < -0.39 is 17.2 Å². The van der Waals surface area contributed by atoms with Crippen molar-refractivity contribution in [2.24, 2.45) is 0 Å². The number of aryl methyl sites for hydroxylation is 2. The van der Waals surface area contributed by atoms with Crippen LogP contribution in [-0.4, -0.2) is 26.6 Å². The minimum atomic E-state index is -0.848. The van der Waals surface area contributed by atoms with Crippen LogP contribution in [0.3, 0.4) is 0 Å². The minimum absolute atomic E-state index is 0.347. The van der Waals surface area contributed by atoms with E-state index in [1.54, 1.807) is 38.1 Å². The van der Waals surface area contributed by atoms with Crippen LogP contribution in [0.1, 0.15) is 31.5 Å². The van der Waals surface area contributed by atoms with Crippen molar-refractivity contribution in [3.8, 4) is 16.3 Å². The molecule has 0 fully saturated rings. The van der Waals surface area contributed by atoms with Gasteiger partial charge in [0.2, 0.25) is 5.43 Å². The monoisotopic (exact) mass is 479 g/mol. The minimum Gasteiger partial charge on any atom is -0.287 e. The molecule has 10 heteroatoms. The SMILES string of the molecule is Cc1nc(-c2ccccc2)sc1C(=O)NNC(=O)c1nn(-c2ccccc2Cl)c(C)cc1=O. The number of benzene rings is 2. The van der Waals surface area contributed by atoms with Gasteiger partial charge >= 0.3 is 0 Å². The van der Waals surface area contributed by atoms with Crippen LogP contribution in [0.4, 0.5) is 0 Å². The highest BCUT2D eigenvalue weighted by atomic mass is 35.5. The zero-order chi connectivity index (χ0) is 23.5. The number of hydrazine groups is 1. The van der Waals surface area contributed by atoms with Crippen molar-refractivity contribution in [3.05, 3.63) is 97.9 Å². The summed E-state index contributed by atoms with van der Waals surface area (Å²) in [5.74, 6) is -1.39. The van der Waals surface area contributed by atoms with Gasteiger partial charge in [-0.2, -0.15) is 5.10 Å². The number of para-hydroxylation sites is 1. The second-order valence-electron chi connectivity index (χ2n) is 7.07. The predicted molar refractivity (Wildman–Crippen MR) is 127 cm³/mol. The molecule has 0 aliphatic rings. The molecule has 2 heterocycles. The molecule has 166 valence electrons. The number of carbonyl (C=O) groups excluding carboxylic acids is 2. The second kappa shape index (κ2) is 9.35. The fourth-order valence-corrected chi connectivity index (χ4v) is 4.30.